The van der Waals surface area contributed by atoms with E-state index in [0.29, 0.717) is 0 Å². The largest absolute Gasteiger partial charge is 0.353 e. The van der Waals surface area contributed by atoms with E-state index in [1.54, 1.807) is 11.3 Å². The van der Waals surface area contributed by atoms with Crippen LogP contribution in [0.5, 0.6) is 0 Å². The quantitative estimate of drug-likeness (QED) is 0.421. The zero-order valence-electron chi connectivity index (χ0n) is 14.7. The normalized spacial score (nSPS) is 15.0. The molecule has 0 unspecified atom stereocenters. The molecule has 6 nitrogen and oxygen atoms in total. The molecule has 136 valence electrons. The molecule has 1 saturated heterocycles. The number of rotatable bonds is 4. The zero-order chi connectivity index (χ0) is 16.8. The fraction of sp³-hybridized carbons (Fsp3) is 0.471. The Morgan fingerprint density at radius 1 is 1.28 bits per heavy atom. The Bertz CT molecular complexity index is 667. The lowest BCUT2D eigenvalue weighted by atomic mass is 10.3. The smallest absolute Gasteiger partial charge is 0.194 e. The summed E-state index contributed by atoms with van der Waals surface area (Å²) >= 11 is 1.72. The average molecular weight is 472 g/mol. The van der Waals surface area contributed by atoms with E-state index in [1.165, 1.54) is 5.01 Å². The molecule has 8 heteroatoms. The molecule has 1 aliphatic rings. The molecule has 0 amide bonds. The van der Waals surface area contributed by atoms with Crippen LogP contribution < -0.4 is 10.2 Å². The van der Waals surface area contributed by atoms with Gasteiger partial charge in [-0.05, 0) is 18.6 Å². The maximum atomic E-state index is 4.60. The first-order valence-electron chi connectivity index (χ1n) is 8.35. The summed E-state index contributed by atoms with van der Waals surface area (Å²) in [7, 11) is 1.84. The number of thiazole rings is 1. The molecule has 0 atom stereocenters. The minimum Gasteiger partial charge on any atom is -0.353 e. The standard InChI is InChI=1S/C17H24N6S.HI/c1-3-16-21-14(13-24-16)12-20-17(18-2)23-10-8-22(9-11-23)15-6-4-5-7-19-15;/h4-7,13H,3,8-12H2,1-2H3,(H,18,20);1H. The molecule has 2 aromatic rings. The highest BCUT2D eigenvalue weighted by atomic mass is 127. The fourth-order valence-corrected chi connectivity index (χ4v) is 3.53. The summed E-state index contributed by atoms with van der Waals surface area (Å²) in [5.74, 6) is 2.00. The lowest BCUT2D eigenvalue weighted by Crippen LogP contribution is -2.52. The molecule has 0 saturated carbocycles. The number of nitrogens with zero attached hydrogens (tertiary/aromatic N) is 5. The van der Waals surface area contributed by atoms with Crippen LogP contribution in [0.2, 0.25) is 0 Å². The molecular weight excluding hydrogens is 447 g/mol. The number of aromatic nitrogens is 2. The first kappa shape index (κ1) is 19.9. The van der Waals surface area contributed by atoms with Crippen LogP contribution in [0.25, 0.3) is 0 Å². The molecular formula is C17H25IN6S. The second kappa shape index (κ2) is 9.91. The summed E-state index contributed by atoms with van der Waals surface area (Å²) in [6.07, 6.45) is 2.84. The Balaban J connectivity index is 0.00000225. The molecule has 2 aromatic heterocycles. The van der Waals surface area contributed by atoms with Gasteiger partial charge < -0.3 is 15.1 Å². The third-order valence-corrected chi connectivity index (χ3v) is 5.14. The molecule has 0 aliphatic carbocycles. The van der Waals surface area contributed by atoms with Crippen molar-refractivity contribution in [1.82, 2.24) is 20.2 Å². The zero-order valence-corrected chi connectivity index (χ0v) is 17.8. The summed E-state index contributed by atoms with van der Waals surface area (Å²) in [5.41, 5.74) is 1.09. The molecule has 1 aliphatic heterocycles. The van der Waals surface area contributed by atoms with Crippen LogP contribution in [0.1, 0.15) is 17.6 Å². The Kier molecular flexibility index (Phi) is 7.89. The van der Waals surface area contributed by atoms with E-state index in [-0.39, 0.29) is 24.0 Å². The Morgan fingerprint density at radius 2 is 2.08 bits per heavy atom. The molecule has 3 rings (SSSR count). The number of guanidine groups is 1. The van der Waals surface area contributed by atoms with Gasteiger partial charge in [0.25, 0.3) is 0 Å². The predicted molar refractivity (Wildman–Crippen MR) is 115 cm³/mol. The summed E-state index contributed by atoms with van der Waals surface area (Å²) in [5, 5.41) is 6.74. The Hall–Kier alpha value is -1.42. The van der Waals surface area contributed by atoms with Gasteiger partial charge in [-0.25, -0.2) is 9.97 Å². The van der Waals surface area contributed by atoms with Crippen molar-refractivity contribution in [2.75, 3.05) is 38.1 Å². The van der Waals surface area contributed by atoms with E-state index in [0.717, 1.165) is 56.6 Å². The van der Waals surface area contributed by atoms with Crippen molar-refractivity contribution in [3.05, 3.63) is 40.5 Å². The summed E-state index contributed by atoms with van der Waals surface area (Å²) in [6, 6.07) is 6.05. The van der Waals surface area contributed by atoms with E-state index in [9.17, 15) is 0 Å². The topological polar surface area (TPSA) is 56.7 Å². The van der Waals surface area contributed by atoms with E-state index in [1.807, 2.05) is 25.4 Å². The number of piperazine rings is 1. The number of anilines is 1. The summed E-state index contributed by atoms with van der Waals surface area (Å²) < 4.78 is 0. The third-order valence-electron chi connectivity index (χ3n) is 4.09. The minimum absolute atomic E-state index is 0. The van der Waals surface area contributed by atoms with Gasteiger partial charge in [-0.2, -0.15) is 0 Å². The van der Waals surface area contributed by atoms with Gasteiger partial charge in [0, 0.05) is 44.8 Å². The van der Waals surface area contributed by atoms with E-state index >= 15 is 0 Å². The first-order valence-corrected chi connectivity index (χ1v) is 9.23. The monoisotopic (exact) mass is 472 g/mol. The maximum absolute atomic E-state index is 4.60. The van der Waals surface area contributed by atoms with Crippen LogP contribution in [-0.4, -0.2) is 54.1 Å². The third kappa shape index (κ3) is 5.27. The van der Waals surface area contributed by atoms with Gasteiger partial charge in [0.05, 0.1) is 17.2 Å². The maximum Gasteiger partial charge on any atom is 0.194 e. The molecule has 25 heavy (non-hydrogen) atoms. The fourth-order valence-electron chi connectivity index (χ4n) is 2.78. The molecule has 1 fully saturated rings. The van der Waals surface area contributed by atoms with Crippen LogP contribution in [0, 0.1) is 0 Å². The van der Waals surface area contributed by atoms with Crippen molar-refractivity contribution >= 4 is 47.1 Å². The number of hydrogen-bond acceptors (Lipinski definition) is 5. The van der Waals surface area contributed by atoms with E-state index < -0.39 is 0 Å². The highest BCUT2D eigenvalue weighted by Crippen LogP contribution is 2.13. The van der Waals surface area contributed by atoms with Gasteiger partial charge >= 0.3 is 0 Å². The lowest BCUT2D eigenvalue weighted by Gasteiger charge is -2.37. The van der Waals surface area contributed by atoms with Crippen LogP contribution >= 0.6 is 35.3 Å². The van der Waals surface area contributed by atoms with Gasteiger partial charge in [-0.15, -0.1) is 35.3 Å². The molecule has 0 bridgehead atoms. The SMILES string of the molecule is CCc1nc(CNC(=NC)N2CCN(c3ccccn3)CC2)cs1.I. The molecule has 0 aromatic carbocycles. The van der Waals surface area contributed by atoms with Crippen LogP contribution in [0.3, 0.4) is 0 Å². The van der Waals surface area contributed by atoms with E-state index in [2.05, 4.69) is 48.4 Å². The Labute approximate surface area is 170 Å². The molecule has 0 radical (unpaired) electrons. The predicted octanol–water partition coefficient (Wildman–Crippen LogP) is 2.62. The summed E-state index contributed by atoms with van der Waals surface area (Å²) in [4.78, 5) is 18.1. The van der Waals surface area contributed by atoms with Crippen LogP contribution in [0.15, 0.2) is 34.8 Å². The van der Waals surface area contributed by atoms with Crippen molar-refractivity contribution in [3.63, 3.8) is 0 Å². The van der Waals surface area contributed by atoms with Crippen molar-refractivity contribution < 1.29 is 0 Å². The van der Waals surface area contributed by atoms with Crippen molar-refractivity contribution in [2.45, 2.75) is 19.9 Å². The number of hydrogen-bond donors (Lipinski definition) is 1. The van der Waals surface area contributed by atoms with Crippen LogP contribution in [-0.2, 0) is 13.0 Å². The average Bonchev–Trinajstić information content (AvgIpc) is 3.12. The highest BCUT2D eigenvalue weighted by molar-refractivity contribution is 14.0. The molecule has 1 N–H and O–H groups in total. The van der Waals surface area contributed by atoms with Crippen molar-refractivity contribution in [1.29, 1.82) is 0 Å². The second-order valence-electron chi connectivity index (χ2n) is 5.65. The number of aryl methyl sites for hydroxylation is 1. The first-order chi connectivity index (χ1) is 11.8. The van der Waals surface area contributed by atoms with Crippen LogP contribution in [0.4, 0.5) is 5.82 Å². The van der Waals surface area contributed by atoms with Gasteiger partial charge in [0.15, 0.2) is 5.96 Å². The van der Waals surface area contributed by atoms with Gasteiger partial charge in [0.1, 0.15) is 5.82 Å². The van der Waals surface area contributed by atoms with Crippen molar-refractivity contribution in [3.8, 4) is 0 Å². The summed E-state index contributed by atoms with van der Waals surface area (Å²) in [6.45, 7) is 6.64. The van der Waals surface area contributed by atoms with E-state index in [4.69, 9.17) is 0 Å². The van der Waals surface area contributed by atoms with Gasteiger partial charge in [0.2, 0.25) is 0 Å². The Morgan fingerprint density at radius 3 is 2.68 bits per heavy atom. The second-order valence-corrected chi connectivity index (χ2v) is 6.59. The number of halogens is 1. The van der Waals surface area contributed by atoms with Gasteiger partial charge in [-0.3, -0.25) is 4.99 Å². The number of aliphatic imine (C=N–C) groups is 1. The van der Waals surface area contributed by atoms with Gasteiger partial charge in [-0.1, -0.05) is 13.0 Å². The number of pyridine rings is 1. The molecule has 3 heterocycles. The van der Waals surface area contributed by atoms with Crippen molar-refractivity contribution in [2.24, 2.45) is 4.99 Å². The molecule has 0 spiro atoms. The number of nitrogens with one attached hydrogen (secondary N) is 1. The highest BCUT2D eigenvalue weighted by Gasteiger charge is 2.20. The lowest BCUT2D eigenvalue weighted by molar-refractivity contribution is 0.371. The minimum atomic E-state index is 0.